The topological polar surface area (TPSA) is 119 Å². The van der Waals surface area contributed by atoms with E-state index in [1.165, 1.54) is 25.3 Å². The summed E-state index contributed by atoms with van der Waals surface area (Å²) in [6, 6.07) is 9.26. The lowest BCUT2D eigenvalue weighted by Crippen LogP contribution is -2.42. The molecule has 0 saturated carbocycles. The summed E-state index contributed by atoms with van der Waals surface area (Å²) in [7, 11) is 1.54. The van der Waals surface area contributed by atoms with Crippen molar-refractivity contribution in [3.63, 3.8) is 0 Å². The van der Waals surface area contributed by atoms with Gasteiger partial charge in [-0.25, -0.2) is 0 Å². The fourth-order valence-corrected chi connectivity index (χ4v) is 3.77. The Morgan fingerprint density at radius 3 is 2.50 bits per heavy atom. The van der Waals surface area contributed by atoms with Crippen molar-refractivity contribution in [2.24, 2.45) is 0 Å². The van der Waals surface area contributed by atoms with E-state index in [-0.39, 0.29) is 17.7 Å². The third-order valence-electron chi connectivity index (χ3n) is 5.38. The average Bonchev–Trinajstić information content (AvgIpc) is 3.07. The van der Waals surface area contributed by atoms with Gasteiger partial charge in [0.15, 0.2) is 11.5 Å². The first-order valence-corrected chi connectivity index (χ1v) is 11.0. The monoisotopic (exact) mass is 469 g/mol. The molecule has 0 bridgehead atoms. The Hall–Kier alpha value is -3.95. The molecule has 0 radical (unpaired) electrons. The van der Waals surface area contributed by atoms with Crippen molar-refractivity contribution in [2.45, 2.75) is 33.2 Å². The Morgan fingerprint density at radius 2 is 1.85 bits per heavy atom. The molecule has 0 aliphatic carbocycles. The van der Waals surface area contributed by atoms with Gasteiger partial charge in [0.05, 0.1) is 24.2 Å². The second-order valence-electron chi connectivity index (χ2n) is 7.80. The molecule has 0 saturated heterocycles. The zero-order valence-corrected chi connectivity index (χ0v) is 19.4. The molecular weight excluding hydrogens is 442 g/mol. The largest absolute Gasteiger partial charge is 0.493 e. The highest BCUT2D eigenvalue weighted by Gasteiger charge is 2.42. The van der Waals surface area contributed by atoms with Crippen LogP contribution < -0.4 is 9.47 Å². The standard InChI is InChI=1S/C24H27N3O7/c1-4-11-25(14-16-9-10-19(34-12-5-2)20(13-16)33-3)21(28)15-26-23(29)17-7-6-8-18(27(31)32)22(17)24(26)30/h6-10,13H,4-5,11-12,14-15H2,1-3H3. The van der Waals surface area contributed by atoms with Crippen LogP contribution in [0.15, 0.2) is 36.4 Å². The van der Waals surface area contributed by atoms with Gasteiger partial charge in [0.1, 0.15) is 12.1 Å². The van der Waals surface area contributed by atoms with E-state index in [1.807, 2.05) is 19.9 Å². The van der Waals surface area contributed by atoms with Crippen LogP contribution in [0, 0.1) is 10.1 Å². The third kappa shape index (κ3) is 5.00. The van der Waals surface area contributed by atoms with Crippen LogP contribution in [0.4, 0.5) is 5.69 Å². The van der Waals surface area contributed by atoms with E-state index in [9.17, 15) is 24.5 Å². The van der Waals surface area contributed by atoms with Crippen LogP contribution >= 0.6 is 0 Å². The van der Waals surface area contributed by atoms with Crippen LogP contribution in [0.3, 0.4) is 0 Å². The quantitative estimate of drug-likeness (QED) is 0.281. The number of hydrogen-bond acceptors (Lipinski definition) is 7. The first kappa shape index (κ1) is 24.7. The number of carbonyl (C=O) groups excluding carboxylic acids is 3. The van der Waals surface area contributed by atoms with Gasteiger partial charge in [-0.3, -0.25) is 29.4 Å². The fraction of sp³-hybridized carbons (Fsp3) is 0.375. The molecular formula is C24H27N3O7. The van der Waals surface area contributed by atoms with Crippen molar-refractivity contribution < 1.29 is 28.8 Å². The Kier molecular flexibility index (Phi) is 7.83. The molecule has 1 aliphatic rings. The lowest BCUT2D eigenvalue weighted by atomic mass is 10.1. The van der Waals surface area contributed by atoms with Crippen molar-refractivity contribution in [1.82, 2.24) is 9.80 Å². The molecule has 2 aromatic carbocycles. The first-order chi connectivity index (χ1) is 16.3. The number of nitro groups is 1. The van der Waals surface area contributed by atoms with E-state index >= 15 is 0 Å². The zero-order valence-electron chi connectivity index (χ0n) is 19.4. The second-order valence-corrected chi connectivity index (χ2v) is 7.80. The molecule has 34 heavy (non-hydrogen) atoms. The normalized spacial score (nSPS) is 12.5. The maximum Gasteiger partial charge on any atom is 0.282 e. The van der Waals surface area contributed by atoms with E-state index < -0.39 is 34.9 Å². The maximum absolute atomic E-state index is 13.1. The Morgan fingerprint density at radius 1 is 1.09 bits per heavy atom. The molecule has 0 atom stereocenters. The highest BCUT2D eigenvalue weighted by atomic mass is 16.6. The van der Waals surface area contributed by atoms with Gasteiger partial charge in [-0.1, -0.05) is 26.0 Å². The molecule has 0 unspecified atom stereocenters. The molecule has 3 rings (SSSR count). The highest BCUT2D eigenvalue weighted by molar-refractivity contribution is 6.24. The summed E-state index contributed by atoms with van der Waals surface area (Å²) in [5.74, 6) is -0.843. The first-order valence-electron chi connectivity index (χ1n) is 11.0. The predicted molar refractivity (Wildman–Crippen MR) is 123 cm³/mol. The summed E-state index contributed by atoms with van der Waals surface area (Å²) < 4.78 is 11.1. The van der Waals surface area contributed by atoms with Crippen LogP contribution in [-0.4, -0.2) is 59.3 Å². The number of fused-ring (bicyclic) bond motifs is 1. The number of amides is 3. The number of ether oxygens (including phenoxy) is 2. The number of nitrogens with zero attached hydrogens (tertiary/aromatic N) is 3. The average molecular weight is 469 g/mol. The number of carbonyl (C=O) groups is 3. The number of hydrogen-bond donors (Lipinski definition) is 0. The Balaban J connectivity index is 1.78. The highest BCUT2D eigenvalue weighted by Crippen LogP contribution is 2.31. The van der Waals surface area contributed by atoms with E-state index in [1.54, 1.807) is 17.0 Å². The molecule has 180 valence electrons. The van der Waals surface area contributed by atoms with Crippen LogP contribution in [-0.2, 0) is 11.3 Å². The van der Waals surface area contributed by atoms with Crippen LogP contribution in [0.5, 0.6) is 11.5 Å². The summed E-state index contributed by atoms with van der Waals surface area (Å²) in [5.41, 5.74) is -0.00428. The van der Waals surface area contributed by atoms with Gasteiger partial charge in [-0.15, -0.1) is 0 Å². The fourth-order valence-electron chi connectivity index (χ4n) is 3.77. The van der Waals surface area contributed by atoms with Gasteiger partial charge < -0.3 is 14.4 Å². The minimum absolute atomic E-state index is 0.0681. The number of nitro benzene ring substituents is 1. The van der Waals surface area contributed by atoms with Crippen molar-refractivity contribution >= 4 is 23.4 Å². The van der Waals surface area contributed by atoms with Gasteiger partial charge in [0.2, 0.25) is 5.91 Å². The second kappa shape index (κ2) is 10.8. The van der Waals surface area contributed by atoms with Gasteiger partial charge in [-0.05, 0) is 36.6 Å². The minimum atomic E-state index is -0.837. The summed E-state index contributed by atoms with van der Waals surface area (Å²) in [4.78, 5) is 51.6. The molecule has 3 amide bonds. The summed E-state index contributed by atoms with van der Waals surface area (Å²) >= 11 is 0. The zero-order chi connectivity index (χ0) is 24.8. The predicted octanol–water partition coefficient (Wildman–Crippen LogP) is 3.43. The van der Waals surface area contributed by atoms with Crippen LogP contribution in [0.1, 0.15) is 53.0 Å². The van der Waals surface area contributed by atoms with E-state index in [4.69, 9.17) is 9.47 Å². The molecule has 1 heterocycles. The van der Waals surface area contributed by atoms with E-state index in [0.29, 0.717) is 31.1 Å². The van der Waals surface area contributed by atoms with Crippen molar-refractivity contribution in [3.8, 4) is 11.5 Å². The number of methoxy groups -OCH3 is 1. The molecule has 10 heteroatoms. The molecule has 0 fully saturated rings. The molecule has 10 nitrogen and oxygen atoms in total. The molecule has 0 aromatic heterocycles. The van der Waals surface area contributed by atoms with Crippen LogP contribution in [0.25, 0.3) is 0 Å². The smallest absolute Gasteiger partial charge is 0.282 e. The van der Waals surface area contributed by atoms with Crippen LogP contribution in [0.2, 0.25) is 0 Å². The summed E-state index contributed by atoms with van der Waals surface area (Å²) in [6.07, 6.45) is 1.51. The number of rotatable bonds is 11. The van der Waals surface area contributed by atoms with Crippen molar-refractivity contribution in [3.05, 3.63) is 63.2 Å². The summed E-state index contributed by atoms with van der Waals surface area (Å²) in [6.45, 7) is 4.60. The van der Waals surface area contributed by atoms with Crippen molar-refractivity contribution in [2.75, 3.05) is 26.8 Å². The Labute approximate surface area is 197 Å². The van der Waals surface area contributed by atoms with E-state index in [2.05, 4.69) is 0 Å². The number of benzene rings is 2. The lowest BCUT2D eigenvalue weighted by Gasteiger charge is -2.25. The van der Waals surface area contributed by atoms with Gasteiger partial charge in [-0.2, -0.15) is 0 Å². The molecule has 2 aromatic rings. The van der Waals surface area contributed by atoms with Gasteiger partial charge in [0.25, 0.3) is 17.5 Å². The summed E-state index contributed by atoms with van der Waals surface area (Å²) in [5, 5.41) is 11.3. The minimum Gasteiger partial charge on any atom is -0.493 e. The van der Waals surface area contributed by atoms with E-state index in [0.717, 1.165) is 16.9 Å². The maximum atomic E-state index is 13.1. The molecule has 0 spiro atoms. The SMILES string of the molecule is CCCOc1ccc(CN(CCC)C(=O)CN2C(=O)c3cccc([N+](=O)[O-])c3C2=O)cc1OC. The Bertz CT molecular complexity index is 1120. The number of imide groups is 1. The van der Waals surface area contributed by atoms with Crippen molar-refractivity contribution in [1.29, 1.82) is 0 Å². The van der Waals surface area contributed by atoms with Gasteiger partial charge >= 0.3 is 0 Å². The van der Waals surface area contributed by atoms with Gasteiger partial charge in [0, 0.05) is 19.2 Å². The molecule has 0 N–H and O–H groups in total. The molecule has 1 aliphatic heterocycles. The lowest BCUT2D eigenvalue weighted by molar-refractivity contribution is -0.385. The third-order valence-corrected chi connectivity index (χ3v) is 5.38.